The number of para-hydroxylation sites is 1. The quantitative estimate of drug-likeness (QED) is 0.599. The van der Waals surface area contributed by atoms with E-state index in [1.807, 2.05) is 18.2 Å². The van der Waals surface area contributed by atoms with Crippen LogP contribution in [0.15, 0.2) is 53.7 Å². The highest BCUT2D eigenvalue weighted by Crippen LogP contribution is 2.21. The van der Waals surface area contributed by atoms with Gasteiger partial charge < -0.3 is 9.64 Å². The molecular formula is C21H21ClN4O3. The zero-order valence-electron chi connectivity index (χ0n) is 15.8. The van der Waals surface area contributed by atoms with Crippen molar-refractivity contribution in [1.82, 2.24) is 14.5 Å². The van der Waals surface area contributed by atoms with Crippen LogP contribution in [-0.4, -0.2) is 39.7 Å². The summed E-state index contributed by atoms with van der Waals surface area (Å²) in [5, 5.41) is 1.16. The van der Waals surface area contributed by atoms with E-state index in [9.17, 15) is 9.59 Å². The van der Waals surface area contributed by atoms with E-state index in [1.165, 1.54) is 10.9 Å². The van der Waals surface area contributed by atoms with Crippen molar-refractivity contribution in [2.24, 2.45) is 0 Å². The molecule has 1 aliphatic heterocycles. The van der Waals surface area contributed by atoms with Crippen LogP contribution in [0.3, 0.4) is 0 Å². The molecule has 0 spiro atoms. The highest BCUT2D eigenvalue weighted by molar-refractivity contribution is 6.30. The normalized spacial score (nSPS) is 14.9. The first-order valence-electron chi connectivity index (χ1n) is 9.60. The predicted molar refractivity (Wildman–Crippen MR) is 111 cm³/mol. The van der Waals surface area contributed by atoms with Crippen LogP contribution in [-0.2, 0) is 16.1 Å². The summed E-state index contributed by atoms with van der Waals surface area (Å²) in [5.41, 5.74) is 0.505. The maximum absolute atomic E-state index is 12.5. The first-order valence-corrected chi connectivity index (χ1v) is 9.98. The topological polar surface area (TPSA) is 77.3 Å². The Morgan fingerprint density at radius 1 is 1.14 bits per heavy atom. The fraction of sp³-hybridized carbons (Fsp3) is 0.333. The summed E-state index contributed by atoms with van der Waals surface area (Å²) >= 11 is 5.88. The van der Waals surface area contributed by atoms with Gasteiger partial charge in [0, 0.05) is 38.7 Å². The minimum Gasteiger partial charge on any atom is -0.462 e. The van der Waals surface area contributed by atoms with Crippen molar-refractivity contribution >= 4 is 34.3 Å². The van der Waals surface area contributed by atoms with Gasteiger partial charge in [-0.1, -0.05) is 23.7 Å². The number of anilines is 1. The molecular weight excluding hydrogens is 392 g/mol. The summed E-state index contributed by atoms with van der Waals surface area (Å²) in [6.45, 7) is 1.78. The summed E-state index contributed by atoms with van der Waals surface area (Å²) in [6, 6.07) is 10.9. The van der Waals surface area contributed by atoms with Gasteiger partial charge in [-0.3, -0.25) is 14.2 Å². The molecule has 0 amide bonds. The van der Waals surface area contributed by atoms with Crippen molar-refractivity contribution in [3.63, 3.8) is 0 Å². The van der Waals surface area contributed by atoms with Crippen molar-refractivity contribution < 1.29 is 9.53 Å². The molecule has 0 N–H and O–H groups in total. The van der Waals surface area contributed by atoms with Crippen molar-refractivity contribution in [1.29, 1.82) is 0 Å². The van der Waals surface area contributed by atoms with Crippen LogP contribution in [0.5, 0.6) is 0 Å². The number of pyridine rings is 1. The van der Waals surface area contributed by atoms with Gasteiger partial charge in [0.15, 0.2) is 0 Å². The average molecular weight is 413 g/mol. The van der Waals surface area contributed by atoms with Crippen molar-refractivity contribution in [2.75, 3.05) is 18.0 Å². The van der Waals surface area contributed by atoms with Gasteiger partial charge >= 0.3 is 5.97 Å². The molecule has 8 heteroatoms. The number of carbonyl (C=O) groups excluding carboxylic acids is 1. The van der Waals surface area contributed by atoms with Gasteiger partial charge in [-0.15, -0.1) is 0 Å². The second-order valence-corrected chi connectivity index (χ2v) is 7.46. The zero-order chi connectivity index (χ0) is 20.2. The number of benzene rings is 1. The molecule has 0 bridgehead atoms. The van der Waals surface area contributed by atoms with Crippen LogP contribution < -0.4 is 10.5 Å². The van der Waals surface area contributed by atoms with Crippen LogP contribution in [0.1, 0.15) is 19.3 Å². The second-order valence-electron chi connectivity index (χ2n) is 7.02. The maximum atomic E-state index is 12.5. The smallest absolute Gasteiger partial charge is 0.307 e. The molecule has 2 aromatic heterocycles. The van der Waals surface area contributed by atoms with Crippen LogP contribution in [0.4, 0.5) is 5.82 Å². The van der Waals surface area contributed by atoms with Gasteiger partial charge in [-0.25, -0.2) is 9.97 Å². The van der Waals surface area contributed by atoms with Gasteiger partial charge in [0.05, 0.1) is 28.7 Å². The number of fused-ring (bicyclic) bond motifs is 1. The number of ether oxygens (including phenoxy) is 1. The molecule has 0 aliphatic carbocycles. The Bertz CT molecular complexity index is 1060. The number of esters is 1. The number of halogens is 1. The molecule has 7 nitrogen and oxygen atoms in total. The monoisotopic (exact) mass is 412 g/mol. The van der Waals surface area contributed by atoms with Crippen LogP contribution in [0.2, 0.25) is 5.02 Å². The van der Waals surface area contributed by atoms with Crippen molar-refractivity contribution in [2.45, 2.75) is 31.9 Å². The Morgan fingerprint density at radius 2 is 1.93 bits per heavy atom. The minimum absolute atomic E-state index is 0.113. The van der Waals surface area contributed by atoms with Crippen molar-refractivity contribution in [3.05, 3.63) is 64.3 Å². The third-order valence-corrected chi connectivity index (χ3v) is 5.29. The van der Waals surface area contributed by atoms with Crippen LogP contribution in [0.25, 0.3) is 10.9 Å². The maximum Gasteiger partial charge on any atom is 0.307 e. The lowest BCUT2D eigenvalue weighted by molar-refractivity contribution is -0.150. The Hall–Kier alpha value is -2.93. The van der Waals surface area contributed by atoms with E-state index >= 15 is 0 Å². The van der Waals surface area contributed by atoms with E-state index < -0.39 is 0 Å². The van der Waals surface area contributed by atoms with E-state index in [0.717, 1.165) is 31.7 Å². The Balaban J connectivity index is 1.28. The summed E-state index contributed by atoms with van der Waals surface area (Å²) in [6.07, 6.45) is 4.62. The van der Waals surface area contributed by atoms with E-state index in [4.69, 9.17) is 16.3 Å². The number of hydrogen-bond acceptors (Lipinski definition) is 6. The van der Waals surface area contributed by atoms with Crippen LogP contribution in [0, 0.1) is 0 Å². The van der Waals surface area contributed by atoms with Gasteiger partial charge in [0.2, 0.25) is 0 Å². The SMILES string of the molecule is O=C(CCn1cnc2ccccc2c1=O)OC1CCN(c2ccc(Cl)cn2)CC1. The first-order chi connectivity index (χ1) is 14.1. The number of hydrogen-bond donors (Lipinski definition) is 0. The molecule has 1 saturated heterocycles. The molecule has 4 rings (SSSR count). The Morgan fingerprint density at radius 3 is 2.69 bits per heavy atom. The van der Waals surface area contributed by atoms with E-state index in [2.05, 4.69) is 14.9 Å². The number of aromatic nitrogens is 3. The minimum atomic E-state index is -0.298. The second kappa shape index (κ2) is 8.61. The van der Waals surface area contributed by atoms with E-state index in [1.54, 1.807) is 24.4 Å². The summed E-state index contributed by atoms with van der Waals surface area (Å²) < 4.78 is 7.06. The van der Waals surface area contributed by atoms with E-state index in [0.29, 0.717) is 15.9 Å². The molecule has 0 unspecified atom stereocenters. The molecule has 3 aromatic rings. The van der Waals surface area contributed by atoms with Gasteiger partial charge in [-0.05, 0) is 24.3 Å². The molecule has 1 aliphatic rings. The van der Waals surface area contributed by atoms with E-state index in [-0.39, 0.29) is 30.6 Å². The fourth-order valence-corrected chi connectivity index (χ4v) is 3.59. The number of nitrogens with zero attached hydrogens (tertiary/aromatic N) is 4. The molecule has 1 fully saturated rings. The van der Waals surface area contributed by atoms with Gasteiger partial charge in [0.25, 0.3) is 5.56 Å². The number of piperidine rings is 1. The highest BCUT2D eigenvalue weighted by Gasteiger charge is 2.23. The summed E-state index contributed by atoms with van der Waals surface area (Å²) in [4.78, 5) is 35.5. The van der Waals surface area contributed by atoms with Crippen molar-refractivity contribution in [3.8, 4) is 0 Å². The lowest BCUT2D eigenvalue weighted by Crippen LogP contribution is -2.38. The molecule has 1 aromatic carbocycles. The summed E-state index contributed by atoms with van der Waals surface area (Å²) in [7, 11) is 0. The number of aryl methyl sites for hydroxylation is 1. The van der Waals surface area contributed by atoms with Gasteiger partial charge in [-0.2, -0.15) is 0 Å². The molecule has 29 heavy (non-hydrogen) atoms. The molecule has 3 heterocycles. The molecule has 0 atom stereocenters. The largest absolute Gasteiger partial charge is 0.462 e. The third-order valence-electron chi connectivity index (χ3n) is 5.06. The Kier molecular flexibility index (Phi) is 5.76. The standard InChI is InChI=1S/C21H21ClN4O3/c22-15-5-6-19(23-13-15)25-10-7-16(8-11-25)29-20(27)9-12-26-14-24-18-4-2-1-3-17(18)21(26)28/h1-6,13-14,16H,7-12H2. The summed E-state index contributed by atoms with van der Waals surface area (Å²) in [5.74, 6) is 0.579. The number of rotatable bonds is 5. The molecule has 150 valence electrons. The predicted octanol–water partition coefficient (Wildman–Crippen LogP) is 3.05. The third kappa shape index (κ3) is 4.56. The first kappa shape index (κ1) is 19.4. The average Bonchev–Trinajstić information content (AvgIpc) is 2.75. The zero-order valence-corrected chi connectivity index (χ0v) is 16.6. The highest BCUT2D eigenvalue weighted by atomic mass is 35.5. The van der Waals surface area contributed by atoms with Crippen LogP contribution >= 0.6 is 11.6 Å². The Labute approximate surface area is 172 Å². The lowest BCUT2D eigenvalue weighted by Gasteiger charge is -2.32. The van der Waals surface area contributed by atoms with Gasteiger partial charge in [0.1, 0.15) is 11.9 Å². The fourth-order valence-electron chi connectivity index (χ4n) is 3.48. The number of carbonyl (C=O) groups is 1. The molecule has 0 radical (unpaired) electrons. The molecule has 0 saturated carbocycles. The lowest BCUT2D eigenvalue weighted by atomic mass is 10.1.